The summed E-state index contributed by atoms with van der Waals surface area (Å²) < 4.78 is 0. The Morgan fingerprint density at radius 2 is 1.91 bits per heavy atom. The van der Waals surface area contributed by atoms with Crippen LogP contribution < -0.4 is 0 Å². The highest BCUT2D eigenvalue weighted by Gasteiger charge is 2.47. The number of ketones is 1. The van der Waals surface area contributed by atoms with Crippen molar-refractivity contribution in [1.29, 1.82) is 0 Å². The Bertz CT molecular complexity index is 635. The van der Waals surface area contributed by atoms with E-state index in [0.717, 1.165) is 4.90 Å². The zero-order valence-electron chi connectivity index (χ0n) is 12.4. The summed E-state index contributed by atoms with van der Waals surface area (Å²) in [6, 6.07) is 7.51. The van der Waals surface area contributed by atoms with Crippen LogP contribution in [0.2, 0.25) is 0 Å². The number of nitrogens with zero attached hydrogens (tertiary/aromatic N) is 1. The second-order valence-electron chi connectivity index (χ2n) is 4.97. The van der Waals surface area contributed by atoms with Crippen LogP contribution in [-0.4, -0.2) is 45.7 Å². The van der Waals surface area contributed by atoms with Gasteiger partial charge in [0.2, 0.25) is 0 Å². The number of rotatable bonds is 4. The lowest BCUT2D eigenvalue weighted by Gasteiger charge is -2.20. The van der Waals surface area contributed by atoms with Gasteiger partial charge in [0.1, 0.15) is 17.4 Å². The first kappa shape index (κ1) is 16.3. The summed E-state index contributed by atoms with van der Waals surface area (Å²) in [4.78, 5) is 38.3. The minimum Gasteiger partial charge on any atom is -0.512 e. The third-order valence-corrected chi connectivity index (χ3v) is 4.13. The van der Waals surface area contributed by atoms with Crippen molar-refractivity contribution in [3.63, 3.8) is 0 Å². The molecule has 0 radical (unpaired) electrons. The lowest BCUT2D eigenvalue weighted by molar-refractivity contribution is -0.124. The van der Waals surface area contributed by atoms with E-state index in [9.17, 15) is 19.5 Å². The summed E-state index contributed by atoms with van der Waals surface area (Å²) in [7, 11) is 0. The molecule has 0 spiro atoms. The second kappa shape index (κ2) is 6.79. The average molecular weight is 319 g/mol. The van der Waals surface area contributed by atoms with Crippen LogP contribution >= 0.6 is 11.8 Å². The molecule has 1 aromatic rings. The van der Waals surface area contributed by atoms with Gasteiger partial charge in [0.05, 0.1) is 0 Å². The van der Waals surface area contributed by atoms with E-state index < -0.39 is 23.6 Å². The highest BCUT2D eigenvalue weighted by atomic mass is 32.2. The van der Waals surface area contributed by atoms with E-state index in [2.05, 4.69) is 0 Å². The summed E-state index contributed by atoms with van der Waals surface area (Å²) in [5.74, 6) is -1.41. The molecule has 2 amide bonds. The molecule has 1 aliphatic heterocycles. The van der Waals surface area contributed by atoms with Gasteiger partial charge >= 0.3 is 0 Å². The SMILES string of the molecule is CSCCC1C(=O)/C(=C(\C)O)C(=O)N1C(=O)c1ccccc1. The number of hydrogen-bond acceptors (Lipinski definition) is 5. The molecule has 0 saturated carbocycles. The zero-order chi connectivity index (χ0) is 16.3. The van der Waals surface area contributed by atoms with Crippen molar-refractivity contribution in [3.8, 4) is 0 Å². The molecule has 5 nitrogen and oxygen atoms in total. The number of hydrogen-bond donors (Lipinski definition) is 1. The minimum atomic E-state index is -0.843. The number of Topliss-reactive ketones (excluding diaryl/α,β-unsaturated/α-hetero) is 1. The van der Waals surface area contributed by atoms with Gasteiger partial charge in [-0.1, -0.05) is 18.2 Å². The topological polar surface area (TPSA) is 74.7 Å². The third kappa shape index (κ3) is 2.92. The first-order valence-electron chi connectivity index (χ1n) is 6.85. The molecule has 116 valence electrons. The van der Waals surface area contributed by atoms with Gasteiger partial charge < -0.3 is 5.11 Å². The van der Waals surface area contributed by atoms with Crippen LogP contribution in [-0.2, 0) is 9.59 Å². The van der Waals surface area contributed by atoms with Crippen LogP contribution in [0.4, 0.5) is 0 Å². The van der Waals surface area contributed by atoms with Crippen molar-refractivity contribution in [2.45, 2.75) is 19.4 Å². The van der Waals surface area contributed by atoms with Gasteiger partial charge in [-0.15, -0.1) is 0 Å². The standard InChI is InChI=1S/C16H17NO4S/c1-10(18)13-14(19)12(8-9-22-2)17(16(13)21)15(20)11-6-4-3-5-7-11/h3-7,12,18H,8-9H2,1-2H3/b13-10-. The number of amides is 2. The average Bonchev–Trinajstić information content (AvgIpc) is 2.75. The molecule has 2 rings (SSSR count). The van der Waals surface area contributed by atoms with Crippen molar-refractivity contribution < 1.29 is 19.5 Å². The normalized spacial score (nSPS) is 20.5. The number of thioether (sulfide) groups is 1. The molecule has 6 heteroatoms. The minimum absolute atomic E-state index is 0.282. The number of carbonyl (C=O) groups is 3. The first-order chi connectivity index (χ1) is 10.5. The molecular formula is C16H17NO4S. The Hall–Kier alpha value is -2.08. The largest absolute Gasteiger partial charge is 0.512 e. The van der Waals surface area contributed by atoms with Crippen molar-refractivity contribution in [3.05, 3.63) is 47.2 Å². The number of likely N-dealkylation sites (tertiary alicyclic amines) is 1. The van der Waals surface area contributed by atoms with E-state index in [1.54, 1.807) is 30.3 Å². The summed E-state index contributed by atoms with van der Waals surface area (Å²) in [5, 5.41) is 9.60. The van der Waals surface area contributed by atoms with Gasteiger partial charge in [-0.3, -0.25) is 19.3 Å². The van der Waals surface area contributed by atoms with Crippen LogP contribution in [0.15, 0.2) is 41.7 Å². The van der Waals surface area contributed by atoms with Crippen LogP contribution in [0.3, 0.4) is 0 Å². The molecule has 1 unspecified atom stereocenters. The van der Waals surface area contributed by atoms with Gasteiger partial charge in [-0.05, 0) is 37.5 Å². The Labute approximate surface area is 133 Å². The third-order valence-electron chi connectivity index (χ3n) is 3.49. The van der Waals surface area contributed by atoms with Crippen molar-refractivity contribution in [2.75, 3.05) is 12.0 Å². The van der Waals surface area contributed by atoms with E-state index in [4.69, 9.17) is 0 Å². The van der Waals surface area contributed by atoms with Gasteiger partial charge in [0, 0.05) is 5.56 Å². The maximum atomic E-state index is 12.6. The number of allylic oxidation sites excluding steroid dienone is 1. The van der Waals surface area contributed by atoms with Crippen LogP contribution in [0.25, 0.3) is 0 Å². The van der Waals surface area contributed by atoms with E-state index in [-0.39, 0.29) is 11.3 Å². The molecule has 1 fully saturated rings. The molecule has 22 heavy (non-hydrogen) atoms. The number of aliphatic hydroxyl groups excluding tert-OH is 1. The maximum Gasteiger partial charge on any atom is 0.268 e. The van der Waals surface area contributed by atoms with Crippen molar-refractivity contribution in [1.82, 2.24) is 4.90 Å². The smallest absolute Gasteiger partial charge is 0.268 e. The number of carbonyl (C=O) groups excluding carboxylic acids is 3. The molecule has 0 aromatic heterocycles. The second-order valence-corrected chi connectivity index (χ2v) is 5.95. The predicted molar refractivity (Wildman–Crippen MR) is 84.7 cm³/mol. The summed E-state index contributed by atoms with van der Waals surface area (Å²) in [6.07, 6.45) is 2.26. The summed E-state index contributed by atoms with van der Waals surface area (Å²) >= 11 is 1.53. The molecular weight excluding hydrogens is 302 g/mol. The summed E-state index contributed by atoms with van der Waals surface area (Å²) in [6.45, 7) is 1.28. The highest BCUT2D eigenvalue weighted by molar-refractivity contribution is 7.98. The van der Waals surface area contributed by atoms with Gasteiger partial charge in [0.15, 0.2) is 5.78 Å². The molecule has 1 heterocycles. The quantitative estimate of drug-likeness (QED) is 0.398. The Morgan fingerprint density at radius 3 is 2.45 bits per heavy atom. The van der Waals surface area contributed by atoms with Gasteiger partial charge in [-0.25, -0.2) is 0 Å². The highest BCUT2D eigenvalue weighted by Crippen LogP contribution is 2.27. The zero-order valence-corrected chi connectivity index (χ0v) is 13.2. The van der Waals surface area contributed by atoms with E-state index in [1.165, 1.54) is 18.7 Å². The van der Waals surface area contributed by atoms with Crippen molar-refractivity contribution in [2.24, 2.45) is 0 Å². The molecule has 1 saturated heterocycles. The molecule has 1 atom stereocenters. The number of imide groups is 1. The van der Waals surface area contributed by atoms with E-state index in [0.29, 0.717) is 17.7 Å². The van der Waals surface area contributed by atoms with Crippen LogP contribution in [0.5, 0.6) is 0 Å². The lowest BCUT2D eigenvalue weighted by Crippen LogP contribution is -2.40. The Morgan fingerprint density at radius 1 is 1.27 bits per heavy atom. The fourth-order valence-corrected chi connectivity index (χ4v) is 2.89. The molecule has 1 N–H and O–H groups in total. The predicted octanol–water partition coefficient (Wildman–Crippen LogP) is 2.19. The molecule has 1 aromatic carbocycles. The number of aliphatic hydroxyl groups is 1. The lowest BCUT2D eigenvalue weighted by atomic mass is 10.1. The van der Waals surface area contributed by atoms with Gasteiger partial charge in [-0.2, -0.15) is 11.8 Å². The van der Waals surface area contributed by atoms with E-state index in [1.807, 2.05) is 6.26 Å². The van der Waals surface area contributed by atoms with Crippen LogP contribution in [0, 0.1) is 0 Å². The Balaban J connectivity index is 2.41. The molecule has 1 aliphatic rings. The fraction of sp³-hybridized carbons (Fsp3) is 0.312. The fourth-order valence-electron chi connectivity index (χ4n) is 2.43. The molecule has 0 aliphatic carbocycles. The number of benzene rings is 1. The maximum absolute atomic E-state index is 12.6. The van der Waals surface area contributed by atoms with Crippen LogP contribution in [0.1, 0.15) is 23.7 Å². The van der Waals surface area contributed by atoms with Crippen molar-refractivity contribution >= 4 is 29.4 Å². The Kier molecular flexibility index (Phi) is 5.03. The van der Waals surface area contributed by atoms with E-state index >= 15 is 0 Å². The summed E-state index contributed by atoms with van der Waals surface area (Å²) in [5.41, 5.74) is 0.0602. The van der Waals surface area contributed by atoms with Gasteiger partial charge in [0.25, 0.3) is 11.8 Å². The molecule has 0 bridgehead atoms. The monoisotopic (exact) mass is 319 g/mol. The first-order valence-corrected chi connectivity index (χ1v) is 8.24.